The van der Waals surface area contributed by atoms with E-state index in [4.69, 9.17) is 5.73 Å². The molecule has 0 radical (unpaired) electrons. The van der Waals surface area contributed by atoms with E-state index in [0.29, 0.717) is 17.2 Å². The highest BCUT2D eigenvalue weighted by Crippen LogP contribution is 2.19. The highest BCUT2D eigenvalue weighted by atomic mass is 79.9. The third kappa shape index (κ3) is 3.94. The van der Waals surface area contributed by atoms with Crippen molar-refractivity contribution in [2.24, 2.45) is 5.92 Å². The van der Waals surface area contributed by atoms with Gasteiger partial charge in [-0.2, -0.15) is 0 Å². The van der Waals surface area contributed by atoms with Crippen molar-refractivity contribution in [3.8, 4) is 0 Å². The molecule has 104 valence electrons. The van der Waals surface area contributed by atoms with Crippen LogP contribution < -0.4 is 11.1 Å². The van der Waals surface area contributed by atoms with Gasteiger partial charge in [0, 0.05) is 23.2 Å². The van der Waals surface area contributed by atoms with Gasteiger partial charge in [0.15, 0.2) is 0 Å². The summed E-state index contributed by atoms with van der Waals surface area (Å²) in [6, 6.07) is 5.34. The number of hydrogen-bond donors (Lipinski definition) is 2. The van der Waals surface area contributed by atoms with Gasteiger partial charge >= 0.3 is 0 Å². The Morgan fingerprint density at radius 3 is 3.11 bits per heavy atom. The van der Waals surface area contributed by atoms with Crippen LogP contribution in [0.1, 0.15) is 23.2 Å². The number of piperidine rings is 1. The van der Waals surface area contributed by atoms with E-state index >= 15 is 0 Å². The molecule has 19 heavy (non-hydrogen) atoms. The molecular weight excluding hydrogens is 306 g/mol. The molecule has 1 unspecified atom stereocenters. The molecule has 1 fully saturated rings. The number of carbonyl (C=O) groups is 1. The van der Waals surface area contributed by atoms with Crippen LogP contribution in [-0.2, 0) is 0 Å². The fourth-order valence-electron chi connectivity index (χ4n) is 2.50. The number of benzene rings is 1. The lowest BCUT2D eigenvalue weighted by Gasteiger charge is -2.29. The molecule has 1 heterocycles. The minimum absolute atomic E-state index is 0.0907. The number of hydrogen-bond acceptors (Lipinski definition) is 3. The summed E-state index contributed by atoms with van der Waals surface area (Å²) < 4.78 is 0.865. The first-order chi connectivity index (χ1) is 9.06. The number of anilines is 1. The number of amides is 1. The zero-order chi connectivity index (χ0) is 13.8. The molecule has 3 N–H and O–H groups in total. The number of carbonyl (C=O) groups excluding carboxylic acids is 1. The highest BCUT2D eigenvalue weighted by molar-refractivity contribution is 9.10. The van der Waals surface area contributed by atoms with E-state index in [-0.39, 0.29) is 5.91 Å². The quantitative estimate of drug-likeness (QED) is 0.837. The normalized spacial score (nSPS) is 20.2. The molecule has 2 rings (SSSR count). The van der Waals surface area contributed by atoms with Crippen molar-refractivity contribution in [2.75, 3.05) is 32.4 Å². The molecule has 1 aromatic rings. The zero-order valence-electron chi connectivity index (χ0n) is 11.2. The minimum atomic E-state index is -0.0907. The second-order valence-corrected chi connectivity index (χ2v) is 6.13. The Kier molecular flexibility index (Phi) is 4.82. The SMILES string of the molecule is CN1CCCC(CNC(=O)c2cc(Br)ccc2N)C1. The van der Waals surface area contributed by atoms with Gasteiger partial charge in [0.1, 0.15) is 0 Å². The molecule has 1 saturated heterocycles. The maximum atomic E-state index is 12.1. The van der Waals surface area contributed by atoms with Crippen molar-refractivity contribution >= 4 is 27.5 Å². The molecule has 0 saturated carbocycles. The first-order valence-corrected chi connectivity index (χ1v) is 7.37. The van der Waals surface area contributed by atoms with Crippen LogP contribution in [0.25, 0.3) is 0 Å². The molecular formula is C14H20BrN3O. The topological polar surface area (TPSA) is 58.4 Å². The van der Waals surface area contributed by atoms with Gasteiger partial charge in [-0.25, -0.2) is 0 Å². The summed E-state index contributed by atoms with van der Waals surface area (Å²) in [5, 5.41) is 2.99. The van der Waals surface area contributed by atoms with Gasteiger partial charge in [-0.15, -0.1) is 0 Å². The lowest BCUT2D eigenvalue weighted by molar-refractivity contribution is 0.0937. The number of nitrogens with zero attached hydrogens (tertiary/aromatic N) is 1. The summed E-state index contributed by atoms with van der Waals surface area (Å²) in [4.78, 5) is 14.4. The van der Waals surface area contributed by atoms with Crippen molar-refractivity contribution in [1.29, 1.82) is 0 Å². The van der Waals surface area contributed by atoms with Crippen LogP contribution in [0.3, 0.4) is 0 Å². The molecule has 1 aliphatic rings. The Morgan fingerprint density at radius 1 is 1.58 bits per heavy atom. The lowest BCUT2D eigenvalue weighted by Crippen LogP contribution is -2.39. The fraction of sp³-hybridized carbons (Fsp3) is 0.500. The number of nitrogens with one attached hydrogen (secondary N) is 1. The largest absolute Gasteiger partial charge is 0.398 e. The van der Waals surface area contributed by atoms with Gasteiger partial charge in [-0.05, 0) is 50.6 Å². The standard InChI is InChI=1S/C14H20BrN3O/c1-18-6-2-3-10(9-18)8-17-14(19)12-7-11(15)4-5-13(12)16/h4-5,7,10H,2-3,6,8-9,16H2,1H3,(H,17,19). The second kappa shape index (κ2) is 6.39. The van der Waals surface area contributed by atoms with E-state index in [1.807, 2.05) is 6.07 Å². The van der Waals surface area contributed by atoms with Crippen LogP contribution >= 0.6 is 15.9 Å². The Morgan fingerprint density at radius 2 is 2.37 bits per heavy atom. The van der Waals surface area contributed by atoms with E-state index in [0.717, 1.165) is 24.1 Å². The zero-order valence-corrected chi connectivity index (χ0v) is 12.7. The first-order valence-electron chi connectivity index (χ1n) is 6.58. The summed E-state index contributed by atoms with van der Waals surface area (Å²) in [7, 11) is 2.13. The molecule has 1 atom stereocenters. The molecule has 1 aliphatic heterocycles. The highest BCUT2D eigenvalue weighted by Gasteiger charge is 2.18. The number of likely N-dealkylation sites (tertiary alicyclic amines) is 1. The predicted molar refractivity (Wildman–Crippen MR) is 81.1 cm³/mol. The monoisotopic (exact) mass is 325 g/mol. The van der Waals surface area contributed by atoms with Crippen LogP contribution in [0.15, 0.2) is 22.7 Å². The van der Waals surface area contributed by atoms with Crippen LogP contribution in [0.5, 0.6) is 0 Å². The lowest BCUT2D eigenvalue weighted by atomic mass is 9.98. The van der Waals surface area contributed by atoms with E-state index in [1.165, 1.54) is 12.8 Å². The number of rotatable bonds is 3. The summed E-state index contributed by atoms with van der Waals surface area (Å²) in [5.41, 5.74) is 6.89. The second-order valence-electron chi connectivity index (χ2n) is 5.21. The van der Waals surface area contributed by atoms with Gasteiger partial charge in [0.25, 0.3) is 5.91 Å². The Hall–Kier alpha value is -1.07. The summed E-state index contributed by atoms with van der Waals surface area (Å²) in [6.07, 6.45) is 2.38. The summed E-state index contributed by atoms with van der Waals surface area (Å²) in [5.74, 6) is 0.447. The molecule has 1 amide bonds. The number of halogens is 1. The van der Waals surface area contributed by atoms with Gasteiger partial charge in [-0.1, -0.05) is 15.9 Å². The van der Waals surface area contributed by atoms with Gasteiger partial charge < -0.3 is 16.0 Å². The van der Waals surface area contributed by atoms with E-state index in [9.17, 15) is 4.79 Å². The average molecular weight is 326 g/mol. The Labute approximate surface area is 122 Å². The predicted octanol–water partition coefficient (Wildman–Crippen LogP) is 2.10. The van der Waals surface area contributed by atoms with Gasteiger partial charge in [0.2, 0.25) is 0 Å². The summed E-state index contributed by atoms with van der Waals surface area (Å²) in [6.45, 7) is 2.92. The number of nitrogen functional groups attached to an aromatic ring is 1. The minimum Gasteiger partial charge on any atom is -0.398 e. The summed E-state index contributed by atoms with van der Waals surface area (Å²) >= 11 is 3.36. The van der Waals surface area contributed by atoms with E-state index < -0.39 is 0 Å². The molecule has 0 bridgehead atoms. The van der Waals surface area contributed by atoms with Crippen molar-refractivity contribution in [1.82, 2.24) is 10.2 Å². The molecule has 0 spiro atoms. The number of nitrogens with two attached hydrogens (primary N) is 1. The van der Waals surface area contributed by atoms with Crippen molar-refractivity contribution in [3.63, 3.8) is 0 Å². The smallest absolute Gasteiger partial charge is 0.253 e. The Bertz CT molecular complexity index is 464. The molecule has 4 nitrogen and oxygen atoms in total. The van der Waals surface area contributed by atoms with Gasteiger partial charge in [0.05, 0.1) is 5.56 Å². The van der Waals surface area contributed by atoms with Crippen LogP contribution in [0.4, 0.5) is 5.69 Å². The van der Waals surface area contributed by atoms with Crippen molar-refractivity contribution < 1.29 is 4.79 Å². The Balaban J connectivity index is 1.92. The molecule has 1 aromatic carbocycles. The van der Waals surface area contributed by atoms with Crippen LogP contribution in [0.2, 0.25) is 0 Å². The van der Waals surface area contributed by atoms with Crippen LogP contribution in [-0.4, -0.2) is 37.5 Å². The third-order valence-electron chi connectivity index (χ3n) is 3.53. The average Bonchev–Trinajstić information content (AvgIpc) is 2.39. The van der Waals surface area contributed by atoms with Crippen molar-refractivity contribution in [2.45, 2.75) is 12.8 Å². The van der Waals surface area contributed by atoms with Gasteiger partial charge in [-0.3, -0.25) is 4.79 Å². The van der Waals surface area contributed by atoms with Crippen molar-refractivity contribution in [3.05, 3.63) is 28.2 Å². The maximum Gasteiger partial charge on any atom is 0.253 e. The fourth-order valence-corrected chi connectivity index (χ4v) is 2.86. The maximum absolute atomic E-state index is 12.1. The molecule has 5 heteroatoms. The van der Waals surface area contributed by atoms with E-state index in [2.05, 4.69) is 33.2 Å². The van der Waals surface area contributed by atoms with E-state index in [1.54, 1.807) is 12.1 Å². The third-order valence-corrected chi connectivity index (χ3v) is 4.03. The molecule has 0 aliphatic carbocycles. The molecule has 0 aromatic heterocycles. The first kappa shape index (κ1) is 14.3. The van der Waals surface area contributed by atoms with Crippen LogP contribution in [0, 0.1) is 5.92 Å².